The van der Waals surface area contributed by atoms with Gasteiger partial charge in [0.15, 0.2) is 0 Å². The average Bonchev–Trinajstić information content (AvgIpc) is 2.49. The van der Waals surface area contributed by atoms with Gasteiger partial charge in [-0.15, -0.1) is 0 Å². The van der Waals surface area contributed by atoms with Crippen LogP contribution in [0.4, 0.5) is 0 Å². The molecule has 0 saturated heterocycles. The van der Waals surface area contributed by atoms with Crippen LogP contribution in [0, 0.1) is 0 Å². The Bertz CT molecular complexity index is 629. The zero-order chi connectivity index (χ0) is 15.2. The Hall–Kier alpha value is -2.21. The third-order valence-electron chi connectivity index (χ3n) is 2.90. The predicted molar refractivity (Wildman–Crippen MR) is 81.0 cm³/mol. The van der Waals surface area contributed by atoms with E-state index < -0.39 is 17.9 Å². The van der Waals surface area contributed by atoms with Gasteiger partial charge in [0.25, 0.3) is 5.91 Å². The number of carbonyl (C=O) groups excluding carboxylic acids is 1. The summed E-state index contributed by atoms with van der Waals surface area (Å²) in [5.74, 6) is -1.50. The highest BCUT2D eigenvalue weighted by molar-refractivity contribution is 9.10. The first-order chi connectivity index (χ1) is 10.1. The molecule has 1 aromatic carbocycles. The largest absolute Gasteiger partial charge is 0.480 e. The average molecular weight is 349 g/mol. The Labute approximate surface area is 130 Å². The van der Waals surface area contributed by atoms with E-state index in [2.05, 4.69) is 26.2 Å². The number of hydrogen-bond acceptors (Lipinski definition) is 3. The maximum atomic E-state index is 12.0. The van der Waals surface area contributed by atoms with Crippen molar-refractivity contribution >= 4 is 27.8 Å². The molecule has 1 heterocycles. The molecule has 1 atom stereocenters. The van der Waals surface area contributed by atoms with Gasteiger partial charge in [0.2, 0.25) is 0 Å². The summed E-state index contributed by atoms with van der Waals surface area (Å²) in [6.07, 6.45) is 3.19. The SMILES string of the molecule is O=C(N[C@H](Cc1ccc(Br)cc1)C(=O)O)c1ccncc1. The molecule has 2 N–H and O–H groups in total. The highest BCUT2D eigenvalue weighted by Gasteiger charge is 2.21. The lowest BCUT2D eigenvalue weighted by atomic mass is 10.1. The summed E-state index contributed by atoms with van der Waals surface area (Å²) in [6, 6.07) is 9.39. The van der Waals surface area contributed by atoms with Crippen LogP contribution in [0.15, 0.2) is 53.3 Å². The number of nitrogens with zero attached hydrogens (tertiary/aromatic N) is 1. The van der Waals surface area contributed by atoms with E-state index in [9.17, 15) is 14.7 Å². The van der Waals surface area contributed by atoms with E-state index in [1.165, 1.54) is 24.5 Å². The third kappa shape index (κ3) is 4.39. The molecule has 0 aliphatic carbocycles. The Morgan fingerprint density at radius 1 is 1.14 bits per heavy atom. The smallest absolute Gasteiger partial charge is 0.326 e. The Morgan fingerprint density at radius 3 is 2.33 bits per heavy atom. The number of rotatable bonds is 5. The minimum Gasteiger partial charge on any atom is -0.480 e. The second-order valence-corrected chi connectivity index (χ2v) is 5.35. The van der Waals surface area contributed by atoms with Crippen molar-refractivity contribution in [2.75, 3.05) is 0 Å². The summed E-state index contributed by atoms with van der Waals surface area (Å²) in [4.78, 5) is 27.1. The minimum atomic E-state index is -1.07. The lowest BCUT2D eigenvalue weighted by Crippen LogP contribution is -2.42. The number of aliphatic carboxylic acids is 1. The van der Waals surface area contributed by atoms with Crippen molar-refractivity contribution in [2.45, 2.75) is 12.5 Å². The maximum Gasteiger partial charge on any atom is 0.326 e. The van der Waals surface area contributed by atoms with E-state index in [1.807, 2.05) is 24.3 Å². The van der Waals surface area contributed by atoms with Crippen LogP contribution in [0.5, 0.6) is 0 Å². The quantitative estimate of drug-likeness (QED) is 0.868. The van der Waals surface area contributed by atoms with Crippen LogP contribution < -0.4 is 5.32 Å². The molecular weight excluding hydrogens is 336 g/mol. The molecule has 1 amide bonds. The third-order valence-corrected chi connectivity index (χ3v) is 3.43. The standard InChI is InChI=1S/C15H13BrN2O3/c16-12-3-1-10(2-4-12)9-13(15(20)21)18-14(19)11-5-7-17-8-6-11/h1-8,13H,9H2,(H,18,19)(H,20,21)/t13-/m1/s1. The molecule has 108 valence electrons. The van der Waals surface area contributed by atoms with Gasteiger partial charge in [-0.05, 0) is 29.8 Å². The van der Waals surface area contributed by atoms with Gasteiger partial charge in [0, 0.05) is 28.9 Å². The van der Waals surface area contributed by atoms with Crippen molar-refractivity contribution in [1.29, 1.82) is 0 Å². The molecule has 2 aromatic rings. The molecule has 0 fully saturated rings. The van der Waals surface area contributed by atoms with E-state index in [1.54, 1.807) is 0 Å². The second kappa shape index (κ2) is 6.99. The van der Waals surface area contributed by atoms with Gasteiger partial charge in [0.1, 0.15) is 6.04 Å². The summed E-state index contributed by atoms with van der Waals surface area (Å²) < 4.78 is 0.916. The lowest BCUT2D eigenvalue weighted by molar-refractivity contribution is -0.139. The van der Waals surface area contributed by atoms with E-state index in [-0.39, 0.29) is 6.42 Å². The first kappa shape index (κ1) is 15.2. The van der Waals surface area contributed by atoms with Crippen LogP contribution in [0.1, 0.15) is 15.9 Å². The topological polar surface area (TPSA) is 79.3 Å². The van der Waals surface area contributed by atoms with Crippen LogP contribution in [0.2, 0.25) is 0 Å². The molecular formula is C15H13BrN2O3. The van der Waals surface area contributed by atoms with Crippen LogP contribution in [-0.4, -0.2) is 28.0 Å². The van der Waals surface area contributed by atoms with Crippen molar-refractivity contribution in [2.24, 2.45) is 0 Å². The summed E-state index contributed by atoms with van der Waals surface area (Å²) in [5, 5.41) is 11.8. The molecule has 21 heavy (non-hydrogen) atoms. The summed E-state index contributed by atoms with van der Waals surface area (Å²) >= 11 is 3.32. The fourth-order valence-corrected chi connectivity index (χ4v) is 2.07. The summed E-state index contributed by atoms with van der Waals surface area (Å²) in [6.45, 7) is 0. The van der Waals surface area contributed by atoms with E-state index in [0.717, 1.165) is 10.0 Å². The number of aromatic nitrogens is 1. The van der Waals surface area contributed by atoms with Gasteiger partial charge in [-0.2, -0.15) is 0 Å². The molecule has 5 nitrogen and oxygen atoms in total. The van der Waals surface area contributed by atoms with E-state index >= 15 is 0 Å². The first-order valence-electron chi connectivity index (χ1n) is 6.24. The van der Waals surface area contributed by atoms with E-state index in [0.29, 0.717) is 5.56 Å². The molecule has 0 saturated carbocycles. The van der Waals surface area contributed by atoms with Crippen LogP contribution in [-0.2, 0) is 11.2 Å². The predicted octanol–water partition coefficient (Wildman–Crippen LogP) is 2.27. The Balaban J connectivity index is 2.07. The lowest BCUT2D eigenvalue weighted by Gasteiger charge is -2.14. The summed E-state index contributed by atoms with van der Waals surface area (Å²) in [5.41, 5.74) is 1.22. The van der Waals surface area contributed by atoms with Gasteiger partial charge >= 0.3 is 5.97 Å². The van der Waals surface area contributed by atoms with Gasteiger partial charge in [-0.3, -0.25) is 9.78 Å². The van der Waals surface area contributed by atoms with E-state index in [4.69, 9.17) is 0 Å². The number of nitrogens with one attached hydrogen (secondary N) is 1. The second-order valence-electron chi connectivity index (χ2n) is 4.43. The molecule has 0 radical (unpaired) electrons. The molecule has 1 aromatic heterocycles. The molecule has 2 rings (SSSR count). The highest BCUT2D eigenvalue weighted by Crippen LogP contribution is 2.12. The first-order valence-corrected chi connectivity index (χ1v) is 7.03. The number of pyridine rings is 1. The van der Waals surface area contributed by atoms with Crippen molar-refractivity contribution in [1.82, 2.24) is 10.3 Å². The monoisotopic (exact) mass is 348 g/mol. The van der Waals surface area contributed by atoms with Crippen molar-refractivity contribution in [3.8, 4) is 0 Å². The normalized spacial score (nSPS) is 11.7. The van der Waals surface area contributed by atoms with Gasteiger partial charge < -0.3 is 10.4 Å². The number of halogens is 1. The fraction of sp³-hybridized carbons (Fsp3) is 0.133. The molecule has 0 aliphatic rings. The molecule has 0 spiro atoms. The Kier molecular flexibility index (Phi) is 5.05. The summed E-state index contributed by atoms with van der Waals surface area (Å²) in [7, 11) is 0. The highest BCUT2D eigenvalue weighted by atomic mass is 79.9. The number of carbonyl (C=O) groups is 2. The Morgan fingerprint density at radius 2 is 1.76 bits per heavy atom. The molecule has 6 heteroatoms. The number of hydrogen-bond donors (Lipinski definition) is 2. The number of carboxylic acid groups (broad SMARTS) is 1. The van der Waals surface area contributed by atoms with Crippen LogP contribution in [0.3, 0.4) is 0 Å². The van der Waals surface area contributed by atoms with Crippen molar-refractivity contribution in [3.63, 3.8) is 0 Å². The molecule has 0 unspecified atom stereocenters. The molecule has 0 aliphatic heterocycles. The zero-order valence-corrected chi connectivity index (χ0v) is 12.6. The molecule has 0 bridgehead atoms. The van der Waals surface area contributed by atoms with Gasteiger partial charge in [-0.1, -0.05) is 28.1 Å². The maximum absolute atomic E-state index is 12.0. The van der Waals surface area contributed by atoms with Crippen LogP contribution >= 0.6 is 15.9 Å². The number of amides is 1. The number of benzene rings is 1. The number of carboxylic acids is 1. The van der Waals surface area contributed by atoms with Crippen LogP contribution in [0.25, 0.3) is 0 Å². The van der Waals surface area contributed by atoms with Crippen molar-refractivity contribution in [3.05, 3.63) is 64.4 Å². The fourth-order valence-electron chi connectivity index (χ4n) is 1.80. The van der Waals surface area contributed by atoms with Gasteiger partial charge in [0.05, 0.1) is 0 Å². The zero-order valence-electron chi connectivity index (χ0n) is 11.0. The van der Waals surface area contributed by atoms with Crippen molar-refractivity contribution < 1.29 is 14.7 Å². The minimum absolute atomic E-state index is 0.222. The van der Waals surface area contributed by atoms with Gasteiger partial charge in [-0.25, -0.2) is 4.79 Å².